The van der Waals surface area contributed by atoms with Crippen LogP contribution in [0.4, 0.5) is 11.5 Å². The van der Waals surface area contributed by atoms with Gasteiger partial charge < -0.3 is 25.5 Å². The van der Waals surface area contributed by atoms with Crippen molar-refractivity contribution < 1.29 is 19.2 Å². The summed E-state index contributed by atoms with van der Waals surface area (Å²) >= 11 is 0. The number of rotatable bonds is 4. The highest BCUT2D eigenvalue weighted by Crippen LogP contribution is 2.34. The number of nitriles is 1. The summed E-state index contributed by atoms with van der Waals surface area (Å²) in [6, 6.07) is 5.66. The Bertz CT molecular complexity index is 1030. The van der Waals surface area contributed by atoms with Crippen molar-refractivity contribution in [1.82, 2.24) is 9.78 Å². The van der Waals surface area contributed by atoms with E-state index in [9.17, 15) is 15.1 Å². The third kappa shape index (κ3) is 3.70. The third-order valence-electron chi connectivity index (χ3n) is 5.07. The number of amides is 1. The number of nitrogens with one attached hydrogen (secondary N) is 1. The number of primary amides is 1. The standard InChI is InChI=1S/C19H20BN5O4/c1-11-6-14(7-12-2-4-20(27)29-17(11)12)23-19-15(18(22)26)9-25(24-19)16-10-28-5-3-13(16)8-21/h2,4,6-7,9,13,16,27H,3,5,10H2,1H3,(H2,22,26)(H,23,24). The summed E-state index contributed by atoms with van der Waals surface area (Å²) in [4.78, 5) is 12.0. The van der Waals surface area contributed by atoms with Crippen molar-refractivity contribution in [3.05, 3.63) is 41.0 Å². The number of aromatic nitrogens is 2. The summed E-state index contributed by atoms with van der Waals surface area (Å²) in [6.07, 6.45) is 3.93. The number of fused-ring (bicyclic) bond motifs is 1. The SMILES string of the molecule is Cc1cc(Nc2nn(C3COCCC3C#N)cc2C(N)=O)cc2c1OB(O)C=C2. The van der Waals surface area contributed by atoms with Crippen LogP contribution in [0, 0.1) is 24.2 Å². The van der Waals surface area contributed by atoms with Gasteiger partial charge in [0.2, 0.25) is 0 Å². The fourth-order valence-corrected chi connectivity index (χ4v) is 3.61. The van der Waals surface area contributed by atoms with Crippen LogP contribution in [-0.2, 0) is 4.74 Å². The molecule has 9 nitrogen and oxygen atoms in total. The molecule has 148 valence electrons. The summed E-state index contributed by atoms with van der Waals surface area (Å²) in [6.45, 7) is 2.74. The van der Waals surface area contributed by atoms with Crippen LogP contribution in [-0.4, -0.2) is 41.0 Å². The van der Waals surface area contributed by atoms with E-state index < -0.39 is 13.0 Å². The molecule has 10 heteroatoms. The first-order chi connectivity index (χ1) is 14.0. The highest BCUT2D eigenvalue weighted by atomic mass is 16.5. The largest absolute Gasteiger partial charge is 0.552 e. The Morgan fingerprint density at radius 3 is 3.10 bits per heavy atom. The molecule has 2 unspecified atom stereocenters. The van der Waals surface area contributed by atoms with Crippen molar-refractivity contribution in [2.45, 2.75) is 19.4 Å². The van der Waals surface area contributed by atoms with E-state index in [4.69, 9.17) is 15.1 Å². The summed E-state index contributed by atoms with van der Waals surface area (Å²) in [7, 11) is -0.969. The van der Waals surface area contributed by atoms with Gasteiger partial charge in [0.25, 0.3) is 5.91 Å². The minimum absolute atomic E-state index is 0.227. The van der Waals surface area contributed by atoms with Gasteiger partial charge in [-0.3, -0.25) is 9.48 Å². The highest BCUT2D eigenvalue weighted by Gasteiger charge is 2.30. The lowest BCUT2D eigenvalue weighted by molar-refractivity contribution is 0.0342. The van der Waals surface area contributed by atoms with E-state index in [1.165, 1.54) is 0 Å². The maximum atomic E-state index is 12.0. The van der Waals surface area contributed by atoms with Gasteiger partial charge in [0.1, 0.15) is 11.3 Å². The molecule has 1 amide bonds. The number of carbonyl (C=O) groups is 1. The Kier molecular flexibility index (Phi) is 5.00. The lowest BCUT2D eigenvalue weighted by atomic mass is 9.86. The topological polar surface area (TPSA) is 135 Å². The molecule has 2 atom stereocenters. The first-order valence-electron chi connectivity index (χ1n) is 9.27. The van der Waals surface area contributed by atoms with Crippen molar-refractivity contribution in [1.29, 1.82) is 5.26 Å². The molecule has 0 spiro atoms. The molecule has 0 bridgehead atoms. The number of nitrogens with zero attached hydrogens (tertiary/aromatic N) is 3. The van der Waals surface area contributed by atoms with Crippen LogP contribution in [0.1, 0.15) is 33.9 Å². The summed E-state index contributed by atoms with van der Waals surface area (Å²) < 4.78 is 12.5. The summed E-state index contributed by atoms with van der Waals surface area (Å²) in [5.41, 5.74) is 8.08. The van der Waals surface area contributed by atoms with Crippen LogP contribution in [0.2, 0.25) is 0 Å². The predicted octanol–water partition coefficient (Wildman–Crippen LogP) is 1.56. The second kappa shape index (κ2) is 7.62. The van der Waals surface area contributed by atoms with Crippen molar-refractivity contribution in [3.8, 4) is 11.8 Å². The maximum absolute atomic E-state index is 12.0. The van der Waals surface area contributed by atoms with E-state index in [0.717, 1.165) is 11.1 Å². The van der Waals surface area contributed by atoms with Crippen LogP contribution in [0.15, 0.2) is 24.3 Å². The quantitative estimate of drug-likeness (QED) is 0.671. The molecule has 29 heavy (non-hydrogen) atoms. The fraction of sp³-hybridized carbons (Fsp3) is 0.316. The molecule has 1 saturated heterocycles. The van der Waals surface area contributed by atoms with Gasteiger partial charge in [0.15, 0.2) is 5.82 Å². The van der Waals surface area contributed by atoms with Crippen molar-refractivity contribution in [2.75, 3.05) is 18.5 Å². The van der Waals surface area contributed by atoms with Crippen molar-refractivity contribution in [3.63, 3.8) is 0 Å². The smallest absolute Gasteiger partial charge is 0.532 e. The van der Waals surface area contributed by atoms with E-state index in [0.29, 0.717) is 36.9 Å². The molecule has 1 fully saturated rings. The van der Waals surface area contributed by atoms with Crippen LogP contribution >= 0.6 is 0 Å². The first-order valence-corrected chi connectivity index (χ1v) is 9.27. The Hall–Kier alpha value is -3.29. The lowest BCUT2D eigenvalue weighted by Crippen LogP contribution is -2.29. The summed E-state index contributed by atoms with van der Waals surface area (Å²) in [5, 5.41) is 26.7. The van der Waals surface area contributed by atoms with Gasteiger partial charge in [-0.1, -0.05) is 6.08 Å². The summed E-state index contributed by atoms with van der Waals surface area (Å²) in [5.74, 6) is 1.57. The van der Waals surface area contributed by atoms with Gasteiger partial charge >= 0.3 is 7.12 Å². The molecule has 2 aliphatic heterocycles. The van der Waals surface area contributed by atoms with Gasteiger partial charge in [-0.25, -0.2) is 0 Å². The molecule has 4 rings (SSSR count). The van der Waals surface area contributed by atoms with Crippen LogP contribution in [0.5, 0.6) is 5.75 Å². The van der Waals surface area contributed by atoms with E-state index in [1.54, 1.807) is 22.9 Å². The van der Waals surface area contributed by atoms with E-state index >= 15 is 0 Å². The van der Waals surface area contributed by atoms with Gasteiger partial charge in [-0.05, 0) is 37.0 Å². The lowest BCUT2D eigenvalue weighted by Gasteiger charge is -2.26. The fourth-order valence-electron chi connectivity index (χ4n) is 3.61. The number of carbonyl (C=O) groups excluding carboxylic acids is 1. The average Bonchev–Trinajstić information content (AvgIpc) is 3.12. The minimum Gasteiger partial charge on any atom is -0.532 e. The zero-order valence-corrected chi connectivity index (χ0v) is 15.8. The van der Waals surface area contributed by atoms with Gasteiger partial charge in [-0.15, -0.1) is 0 Å². The maximum Gasteiger partial charge on any atom is 0.552 e. The Morgan fingerprint density at radius 1 is 1.52 bits per heavy atom. The van der Waals surface area contributed by atoms with Crippen LogP contribution in [0.3, 0.4) is 0 Å². The molecule has 1 aromatic heterocycles. The normalized spacial score (nSPS) is 20.5. The molecule has 3 heterocycles. The number of hydrogen-bond donors (Lipinski definition) is 3. The molecular weight excluding hydrogens is 373 g/mol. The Balaban J connectivity index is 1.67. The molecule has 0 radical (unpaired) electrons. The van der Waals surface area contributed by atoms with Crippen LogP contribution < -0.4 is 15.7 Å². The number of nitrogens with two attached hydrogens (primary N) is 1. The average molecular weight is 393 g/mol. The van der Waals surface area contributed by atoms with Crippen molar-refractivity contribution in [2.24, 2.45) is 11.7 Å². The molecule has 0 aliphatic carbocycles. The predicted molar refractivity (Wildman–Crippen MR) is 106 cm³/mol. The Morgan fingerprint density at radius 2 is 2.34 bits per heavy atom. The first kappa shape index (κ1) is 19.0. The molecule has 2 aliphatic rings. The van der Waals surface area contributed by atoms with Gasteiger partial charge in [0.05, 0.1) is 24.6 Å². The van der Waals surface area contributed by atoms with Gasteiger partial charge in [-0.2, -0.15) is 10.4 Å². The number of aryl methyl sites for hydroxylation is 1. The monoisotopic (exact) mass is 393 g/mol. The molecule has 0 saturated carbocycles. The highest BCUT2D eigenvalue weighted by molar-refractivity contribution is 6.51. The minimum atomic E-state index is -0.969. The molecule has 1 aromatic carbocycles. The number of hydrogen-bond acceptors (Lipinski definition) is 7. The second-order valence-corrected chi connectivity index (χ2v) is 7.11. The van der Waals surface area contributed by atoms with E-state index in [-0.39, 0.29) is 17.5 Å². The zero-order valence-electron chi connectivity index (χ0n) is 15.8. The van der Waals surface area contributed by atoms with E-state index in [2.05, 4.69) is 16.5 Å². The number of benzene rings is 1. The molecule has 2 aromatic rings. The number of ether oxygens (including phenoxy) is 1. The second-order valence-electron chi connectivity index (χ2n) is 7.11. The van der Waals surface area contributed by atoms with Crippen molar-refractivity contribution >= 4 is 30.6 Å². The molecular formula is C19H20BN5O4. The Labute approximate surface area is 167 Å². The molecule has 4 N–H and O–H groups in total. The third-order valence-corrected chi connectivity index (χ3v) is 5.07. The van der Waals surface area contributed by atoms with Gasteiger partial charge in [0, 0.05) is 24.1 Å². The van der Waals surface area contributed by atoms with E-state index in [1.807, 2.05) is 19.1 Å². The number of anilines is 2. The zero-order chi connectivity index (χ0) is 20.5. The van der Waals surface area contributed by atoms with Crippen LogP contribution in [0.25, 0.3) is 6.08 Å².